The van der Waals surface area contributed by atoms with Crippen LogP contribution in [-0.2, 0) is 9.59 Å². The van der Waals surface area contributed by atoms with Crippen LogP contribution in [0.5, 0.6) is 5.75 Å². The Morgan fingerprint density at radius 2 is 1.64 bits per heavy atom. The van der Waals surface area contributed by atoms with Crippen molar-refractivity contribution in [3.63, 3.8) is 0 Å². The molecule has 2 aromatic carbocycles. The number of hydrogen-bond acceptors (Lipinski definition) is 7. The number of carbonyl (C=O) groups excluding carboxylic acids is 2. The Bertz CT molecular complexity index is 1260. The Labute approximate surface area is 210 Å². The minimum atomic E-state index is -0.888. The van der Waals surface area contributed by atoms with E-state index in [1.807, 2.05) is 31.2 Å². The molecule has 2 aliphatic heterocycles. The Morgan fingerprint density at radius 3 is 2.25 bits per heavy atom. The van der Waals surface area contributed by atoms with Gasteiger partial charge in [-0.05, 0) is 74.6 Å². The SMILES string of the molecule is CCOc1ccc(/C(O)=C2/C(=O)C(=O)N(c3ccc(N4CCN(C)CC4)cc3)C2c2ccco2)cc1. The molecule has 2 fully saturated rings. The maximum atomic E-state index is 13.3. The first kappa shape index (κ1) is 23.7. The molecule has 0 spiro atoms. The first-order valence-corrected chi connectivity index (χ1v) is 12.1. The standard InChI is InChI=1S/C28H29N3O5/c1-3-35-22-12-6-19(7-13-22)26(32)24-25(23-5-4-18-36-23)31(28(34)27(24)33)21-10-8-20(9-11-21)30-16-14-29(2)15-17-30/h4-13,18,25,32H,3,14-17H2,1-2H3/b26-24-. The summed E-state index contributed by atoms with van der Waals surface area (Å²) in [4.78, 5) is 32.5. The van der Waals surface area contributed by atoms with Gasteiger partial charge in [-0.3, -0.25) is 14.5 Å². The van der Waals surface area contributed by atoms with Crippen LogP contribution in [0.1, 0.15) is 24.3 Å². The highest BCUT2D eigenvalue weighted by molar-refractivity contribution is 6.51. The number of aliphatic hydroxyl groups excluding tert-OH is 1. The quantitative estimate of drug-likeness (QED) is 0.319. The second-order valence-electron chi connectivity index (χ2n) is 8.95. The van der Waals surface area contributed by atoms with Crippen molar-refractivity contribution in [2.24, 2.45) is 0 Å². The zero-order valence-corrected chi connectivity index (χ0v) is 20.4. The molecule has 3 heterocycles. The van der Waals surface area contributed by atoms with Crippen LogP contribution in [0.2, 0.25) is 0 Å². The largest absolute Gasteiger partial charge is 0.507 e. The molecule has 0 aliphatic carbocycles. The maximum Gasteiger partial charge on any atom is 0.300 e. The Kier molecular flexibility index (Phi) is 6.52. The topological polar surface area (TPSA) is 86.5 Å². The van der Waals surface area contributed by atoms with E-state index in [1.165, 1.54) is 11.2 Å². The van der Waals surface area contributed by atoms with E-state index in [0.717, 1.165) is 31.9 Å². The molecule has 36 heavy (non-hydrogen) atoms. The lowest BCUT2D eigenvalue weighted by molar-refractivity contribution is -0.132. The number of ketones is 1. The Balaban J connectivity index is 1.51. The zero-order valence-electron chi connectivity index (χ0n) is 20.4. The summed E-state index contributed by atoms with van der Waals surface area (Å²) in [5, 5.41) is 11.2. The van der Waals surface area contributed by atoms with Gasteiger partial charge in [-0.1, -0.05) is 0 Å². The lowest BCUT2D eigenvalue weighted by atomic mass is 9.99. The number of ether oxygens (including phenoxy) is 1. The van der Waals surface area contributed by atoms with Crippen LogP contribution in [0, 0.1) is 0 Å². The van der Waals surface area contributed by atoms with E-state index in [2.05, 4.69) is 16.8 Å². The van der Waals surface area contributed by atoms with Gasteiger partial charge in [-0.15, -0.1) is 0 Å². The van der Waals surface area contributed by atoms with Crippen molar-refractivity contribution in [2.45, 2.75) is 13.0 Å². The summed E-state index contributed by atoms with van der Waals surface area (Å²) in [5.74, 6) is -0.682. The van der Waals surface area contributed by atoms with E-state index in [4.69, 9.17) is 9.15 Å². The monoisotopic (exact) mass is 487 g/mol. The minimum absolute atomic E-state index is 0.0118. The van der Waals surface area contributed by atoms with E-state index in [9.17, 15) is 14.7 Å². The van der Waals surface area contributed by atoms with E-state index in [-0.39, 0.29) is 11.3 Å². The second-order valence-corrected chi connectivity index (χ2v) is 8.95. The highest BCUT2D eigenvalue weighted by Crippen LogP contribution is 2.42. The summed E-state index contributed by atoms with van der Waals surface area (Å²) in [7, 11) is 2.11. The number of rotatable bonds is 6. The summed E-state index contributed by atoms with van der Waals surface area (Å²) < 4.78 is 11.1. The molecule has 8 nitrogen and oxygen atoms in total. The number of piperazine rings is 1. The van der Waals surface area contributed by atoms with Crippen molar-refractivity contribution in [3.05, 3.63) is 83.8 Å². The van der Waals surface area contributed by atoms with Gasteiger partial charge < -0.3 is 24.1 Å². The molecule has 5 rings (SSSR count). The molecule has 2 saturated heterocycles. The van der Waals surface area contributed by atoms with Crippen LogP contribution in [0.3, 0.4) is 0 Å². The molecule has 0 saturated carbocycles. The lowest BCUT2D eigenvalue weighted by Gasteiger charge is -2.34. The molecule has 0 radical (unpaired) electrons. The molecule has 8 heteroatoms. The third-order valence-corrected chi connectivity index (χ3v) is 6.69. The summed E-state index contributed by atoms with van der Waals surface area (Å²) in [6.07, 6.45) is 1.49. The van der Waals surface area contributed by atoms with Crippen molar-refractivity contribution in [1.82, 2.24) is 4.90 Å². The van der Waals surface area contributed by atoms with Crippen molar-refractivity contribution < 1.29 is 23.8 Å². The summed E-state index contributed by atoms with van der Waals surface area (Å²) >= 11 is 0. The molecule has 1 N–H and O–H groups in total. The fraction of sp³-hybridized carbons (Fsp3) is 0.286. The molecule has 1 atom stereocenters. The number of amides is 1. The van der Waals surface area contributed by atoms with Gasteiger partial charge in [0.1, 0.15) is 23.3 Å². The van der Waals surface area contributed by atoms with Crippen molar-refractivity contribution >= 4 is 28.8 Å². The summed E-state index contributed by atoms with van der Waals surface area (Å²) in [6, 6.07) is 16.9. The van der Waals surface area contributed by atoms with E-state index >= 15 is 0 Å². The zero-order chi connectivity index (χ0) is 25.2. The number of anilines is 2. The molecular weight excluding hydrogens is 458 g/mol. The summed E-state index contributed by atoms with van der Waals surface area (Å²) in [6.45, 7) is 6.23. The number of furan rings is 1. The molecule has 1 unspecified atom stereocenters. The van der Waals surface area contributed by atoms with Gasteiger partial charge in [-0.25, -0.2) is 0 Å². The molecule has 186 valence electrons. The average molecular weight is 488 g/mol. The number of nitrogens with zero attached hydrogens (tertiary/aromatic N) is 3. The maximum absolute atomic E-state index is 13.3. The van der Waals surface area contributed by atoms with E-state index < -0.39 is 17.7 Å². The highest BCUT2D eigenvalue weighted by Gasteiger charge is 2.48. The highest BCUT2D eigenvalue weighted by atomic mass is 16.5. The predicted octanol–water partition coefficient (Wildman–Crippen LogP) is 4.06. The van der Waals surface area contributed by atoms with Crippen molar-refractivity contribution in [1.29, 1.82) is 0 Å². The molecule has 1 aromatic heterocycles. The van der Waals surface area contributed by atoms with Gasteiger partial charge in [0.25, 0.3) is 11.7 Å². The number of benzene rings is 2. The number of hydrogen-bond donors (Lipinski definition) is 1. The lowest BCUT2D eigenvalue weighted by Crippen LogP contribution is -2.44. The average Bonchev–Trinajstić information content (AvgIpc) is 3.52. The molecular formula is C28H29N3O5. The molecule has 2 aliphatic rings. The number of aliphatic hydroxyl groups is 1. The molecule has 3 aromatic rings. The van der Waals surface area contributed by atoms with E-state index in [0.29, 0.717) is 29.4 Å². The van der Waals surface area contributed by atoms with Crippen LogP contribution in [-0.4, -0.2) is 61.5 Å². The number of carbonyl (C=O) groups is 2. The van der Waals surface area contributed by atoms with Crippen LogP contribution in [0.25, 0.3) is 5.76 Å². The second kappa shape index (κ2) is 9.91. The van der Waals surface area contributed by atoms with Crippen LogP contribution in [0.15, 0.2) is 76.9 Å². The van der Waals surface area contributed by atoms with Crippen LogP contribution < -0.4 is 14.5 Å². The Morgan fingerprint density at radius 1 is 0.972 bits per heavy atom. The Hall–Kier alpha value is -4.04. The van der Waals surface area contributed by atoms with Gasteiger partial charge in [0, 0.05) is 43.1 Å². The predicted molar refractivity (Wildman–Crippen MR) is 137 cm³/mol. The number of Topliss-reactive ketones (excluding diaryl/α,β-unsaturated/α-hetero) is 1. The smallest absolute Gasteiger partial charge is 0.300 e. The van der Waals surface area contributed by atoms with Crippen LogP contribution >= 0.6 is 0 Å². The van der Waals surface area contributed by atoms with Gasteiger partial charge >= 0.3 is 0 Å². The first-order chi connectivity index (χ1) is 17.5. The van der Waals surface area contributed by atoms with Gasteiger partial charge in [0.15, 0.2) is 0 Å². The molecule has 1 amide bonds. The summed E-state index contributed by atoms with van der Waals surface area (Å²) in [5.41, 5.74) is 2.02. The minimum Gasteiger partial charge on any atom is -0.507 e. The van der Waals surface area contributed by atoms with Crippen molar-refractivity contribution in [3.8, 4) is 5.75 Å². The van der Waals surface area contributed by atoms with Gasteiger partial charge in [-0.2, -0.15) is 0 Å². The fourth-order valence-electron chi connectivity index (χ4n) is 4.73. The van der Waals surface area contributed by atoms with E-state index in [1.54, 1.807) is 36.4 Å². The normalized spacial score (nSPS) is 20.2. The fourth-order valence-corrected chi connectivity index (χ4v) is 4.73. The van der Waals surface area contributed by atoms with Gasteiger partial charge in [0.2, 0.25) is 0 Å². The number of likely N-dealkylation sites (N-methyl/N-ethyl adjacent to an activating group) is 1. The van der Waals surface area contributed by atoms with Crippen molar-refractivity contribution in [2.75, 3.05) is 49.6 Å². The third-order valence-electron chi connectivity index (χ3n) is 6.69. The third kappa shape index (κ3) is 4.35. The first-order valence-electron chi connectivity index (χ1n) is 12.1. The van der Waals surface area contributed by atoms with Crippen LogP contribution in [0.4, 0.5) is 11.4 Å². The molecule has 0 bridgehead atoms. The van der Waals surface area contributed by atoms with Gasteiger partial charge in [0.05, 0.1) is 18.4 Å².